The predicted octanol–water partition coefficient (Wildman–Crippen LogP) is 3.88. The van der Waals surface area contributed by atoms with Crippen molar-refractivity contribution < 1.29 is 4.39 Å². The van der Waals surface area contributed by atoms with Gasteiger partial charge in [0.15, 0.2) is 0 Å². The second kappa shape index (κ2) is 7.25. The number of benzene rings is 1. The molecule has 2 aromatic heterocycles. The first-order valence-corrected chi connectivity index (χ1v) is 8.42. The second-order valence-corrected chi connectivity index (χ2v) is 6.54. The van der Waals surface area contributed by atoms with Gasteiger partial charge in [-0.15, -0.1) is 0 Å². The lowest BCUT2D eigenvalue weighted by atomic mass is 10.2. The number of pyridine rings is 1. The summed E-state index contributed by atoms with van der Waals surface area (Å²) in [6.45, 7) is 4.02. The van der Waals surface area contributed by atoms with Gasteiger partial charge >= 0.3 is 0 Å². The molecule has 0 radical (unpaired) electrons. The lowest BCUT2D eigenvalue weighted by Gasteiger charge is -2.18. The van der Waals surface area contributed by atoms with Gasteiger partial charge in [0.2, 0.25) is 0 Å². The van der Waals surface area contributed by atoms with Gasteiger partial charge in [-0.1, -0.05) is 17.7 Å². The molecule has 0 unspecified atom stereocenters. The van der Waals surface area contributed by atoms with E-state index in [4.69, 9.17) is 11.6 Å². The van der Waals surface area contributed by atoms with Crippen LogP contribution in [0.15, 0.2) is 41.3 Å². The van der Waals surface area contributed by atoms with E-state index in [9.17, 15) is 9.18 Å². The van der Waals surface area contributed by atoms with Gasteiger partial charge < -0.3 is 9.88 Å². The monoisotopic (exact) mass is 372 g/mol. The Bertz CT molecular complexity index is 1000. The number of halogens is 2. The molecule has 3 aromatic rings. The molecule has 134 valence electrons. The lowest BCUT2D eigenvalue weighted by molar-refractivity contribution is 0.625. The fourth-order valence-corrected chi connectivity index (χ4v) is 2.64. The summed E-state index contributed by atoms with van der Waals surface area (Å²) in [5.41, 5.74) is 2.65. The maximum Gasteiger partial charge on any atom is 0.254 e. The normalized spacial score (nSPS) is 10.8. The fraction of sp³-hybridized carbons (Fsp3) is 0.211. The molecule has 0 atom stereocenters. The van der Waals surface area contributed by atoms with Gasteiger partial charge in [0.05, 0.1) is 5.02 Å². The maximum absolute atomic E-state index is 13.6. The second-order valence-electron chi connectivity index (χ2n) is 6.13. The van der Waals surface area contributed by atoms with Crippen LogP contribution in [0, 0.1) is 19.7 Å². The lowest BCUT2D eigenvalue weighted by Crippen LogP contribution is -2.18. The fourth-order valence-electron chi connectivity index (χ4n) is 2.53. The minimum absolute atomic E-state index is 0.105. The molecule has 0 aliphatic carbocycles. The van der Waals surface area contributed by atoms with Crippen LogP contribution in [0.1, 0.15) is 16.8 Å². The highest BCUT2D eigenvalue weighted by Crippen LogP contribution is 2.20. The van der Waals surface area contributed by atoms with Crippen LogP contribution in [0.4, 0.5) is 10.2 Å². The van der Waals surface area contributed by atoms with Crippen LogP contribution >= 0.6 is 11.6 Å². The van der Waals surface area contributed by atoms with E-state index in [1.54, 1.807) is 32.2 Å². The summed E-state index contributed by atoms with van der Waals surface area (Å²) in [6, 6.07) is 8.40. The van der Waals surface area contributed by atoms with Crippen molar-refractivity contribution >= 4 is 17.4 Å². The standard InChI is InChI=1S/C19H18ClFN4O/c1-11-12(2)23-18(24-19(11)26)14-5-7-17(22-9-14)25(3)10-13-4-6-15(20)16(21)8-13/h4-9H,10H2,1-3H3,(H,23,24,26). The summed E-state index contributed by atoms with van der Waals surface area (Å²) in [7, 11) is 1.87. The van der Waals surface area contributed by atoms with Gasteiger partial charge in [-0.3, -0.25) is 4.79 Å². The molecule has 0 spiro atoms. The van der Waals surface area contributed by atoms with E-state index in [0.29, 0.717) is 23.6 Å². The van der Waals surface area contributed by atoms with Crippen LogP contribution in [-0.2, 0) is 6.54 Å². The summed E-state index contributed by atoms with van der Waals surface area (Å²) in [5.74, 6) is 0.764. The van der Waals surface area contributed by atoms with E-state index in [1.165, 1.54) is 6.07 Å². The minimum Gasteiger partial charge on any atom is -0.355 e. The van der Waals surface area contributed by atoms with E-state index >= 15 is 0 Å². The molecule has 1 N–H and O–H groups in total. The van der Waals surface area contributed by atoms with Crippen molar-refractivity contribution in [3.63, 3.8) is 0 Å². The zero-order chi connectivity index (χ0) is 18.8. The summed E-state index contributed by atoms with van der Waals surface area (Å²) in [6.07, 6.45) is 1.65. The van der Waals surface area contributed by atoms with Crippen LogP contribution in [0.5, 0.6) is 0 Å². The molecule has 0 fully saturated rings. The van der Waals surface area contributed by atoms with Crippen LogP contribution < -0.4 is 10.5 Å². The minimum atomic E-state index is -0.439. The van der Waals surface area contributed by atoms with Crippen LogP contribution in [-0.4, -0.2) is 22.0 Å². The highest BCUT2D eigenvalue weighted by atomic mass is 35.5. The first kappa shape index (κ1) is 18.1. The molecule has 0 bridgehead atoms. The molecule has 2 heterocycles. The van der Waals surface area contributed by atoms with Gasteiger partial charge in [0.1, 0.15) is 17.5 Å². The van der Waals surface area contributed by atoms with Gasteiger partial charge in [0.25, 0.3) is 5.56 Å². The van der Waals surface area contributed by atoms with Crippen molar-refractivity contribution in [1.29, 1.82) is 0 Å². The summed E-state index contributed by atoms with van der Waals surface area (Å²) < 4.78 is 13.6. The van der Waals surface area contributed by atoms with Crippen LogP contribution in [0.3, 0.4) is 0 Å². The highest BCUT2D eigenvalue weighted by molar-refractivity contribution is 6.30. The van der Waals surface area contributed by atoms with Crippen molar-refractivity contribution in [2.75, 3.05) is 11.9 Å². The molecule has 0 saturated carbocycles. The largest absolute Gasteiger partial charge is 0.355 e. The van der Waals surface area contributed by atoms with E-state index in [1.807, 2.05) is 24.1 Å². The number of hydrogen-bond donors (Lipinski definition) is 1. The molecular formula is C19H18ClFN4O. The predicted molar refractivity (Wildman–Crippen MR) is 101 cm³/mol. The van der Waals surface area contributed by atoms with Crippen molar-refractivity contribution in [2.24, 2.45) is 0 Å². The average molecular weight is 373 g/mol. The molecule has 7 heteroatoms. The molecule has 26 heavy (non-hydrogen) atoms. The Morgan fingerprint density at radius 3 is 2.62 bits per heavy atom. The van der Waals surface area contributed by atoms with E-state index in [2.05, 4.69) is 15.0 Å². The molecule has 5 nitrogen and oxygen atoms in total. The Hall–Kier alpha value is -2.73. The molecule has 0 amide bonds. The number of aryl methyl sites for hydroxylation is 1. The zero-order valence-corrected chi connectivity index (χ0v) is 15.4. The van der Waals surface area contributed by atoms with Crippen molar-refractivity contribution in [3.8, 4) is 11.4 Å². The van der Waals surface area contributed by atoms with E-state index in [-0.39, 0.29) is 10.6 Å². The van der Waals surface area contributed by atoms with Gasteiger partial charge in [-0.2, -0.15) is 0 Å². The molecule has 0 aliphatic rings. The summed E-state index contributed by atoms with van der Waals surface area (Å²) >= 11 is 5.71. The number of H-pyrrole nitrogens is 1. The van der Waals surface area contributed by atoms with Crippen LogP contribution in [0.25, 0.3) is 11.4 Å². The van der Waals surface area contributed by atoms with Crippen molar-refractivity contribution in [2.45, 2.75) is 20.4 Å². The Morgan fingerprint density at radius 1 is 1.23 bits per heavy atom. The van der Waals surface area contributed by atoms with E-state index < -0.39 is 5.82 Å². The third kappa shape index (κ3) is 3.75. The van der Waals surface area contributed by atoms with Crippen LogP contribution in [0.2, 0.25) is 5.02 Å². The molecule has 0 aliphatic heterocycles. The first-order chi connectivity index (χ1) is 12.3. The van der Waals surface area contributed by atoms with Crippen molar-refractivity contribution in [1.82, 2.24) is 15.0 Å². The number of nitrogens with zero attached hydrogens (tertiary/aromatic N) is 3. The topological polar surface area (TPSA) is 61.9 Å². The number of nitrogens with one attached hydrogen (secondary N) is 1. The molecule has 1 aromatic carbocycles. The number of aromatic amines is 1. The number of aromatic nitrogens is 3. The van der Waals surface area contributed by atoms with Gasteiger partial charge in [0, 0.05) is 36.6 Å². The van der Waals surface area contributed by atoms with Gasteiger partial charge in [-0.05, 0) is 43.7 Å². The molecular weight excluding hydrogens is 355 g/mol. The van der Waals surface area contributed by atoms with E-state index in [0.717, 1.165) is 16.9 Å². The maximum atomic E-state index is 13.6. The SMILES string of the molecule is Cc1nc(-c2ccc(N(C)Cc3ccc(Cl)c(F)c3)nc2)[nH]c(=O)c1C. The number of rotatable bonds is 4. The first-order valence-electron chi connectivity index (χ1n) is 8.04. The Morgan fingerprint density at radius 2 is 2.00 bits per heavy atom. The average Bonchev–Trinajstić information content (AvgIpc) is 2.62. The number of hydrogen-bond acceptors (Lipinski definition) is 4. The third-order valence-corrected chi connectivity index (χ3v) is 4.52. The smallest absolute Gasteiger partial charge is 0.254 e. The molecule has 0 saturated heterocycles. The Kier molecular flexibility index (Phi) is 5.04. The summed E-state index contributed by atoms with van der Waals surface area (Å²) in [4.78, 5) is 25.4. The third-order valence-electron chi connectivity index (χ3n) is 4.21. The Labute approximate surface area is 155 Å². The Balaban J connectivity index is 1.80. The zero-order valence-electron chi connectivity index (χ0n) is 14.7. The summed E-state index contributed by atoms with van der Waals surface area (Å²) in [5, 5.41) is 0.105. The number of anilines is 1. The quantitative estimate of drug-likeness (QED) is 0.755. The highest BCUT2D eigenvalue weighted by Gasteiger charge is 2.09. The van der Waals surface area contributed by atoms with Crippen molar-refractivity contribution in [3.05, 3.63) is 74.5 Å². The van der Waals surface area contributed by atoms with Gasteiger partial charge in [-0.25, -0.2) is 14.4 Å². The molecule has 3 rings (SSSR count).